The van der Waals surface area contributed by atoms with Crippen LogP contribution in [0.15, 0.2) is 29.3 Å². The fourth-order valence-electron chi connectivity index (χ4n) is 1.02. The molecule has 15 heavy (non-hydrogen) atoms. The molecule has 0 saturated carbocycles. The third-order valence-corrected chi connectivity index (χ3v) is 1.85. The molecule has 0 spiro atoms. The van der Waals surface area contributed by atoms with E-state index in [0.29, 0.717) is 11.6 Å². The molecule has 0 bridgehead atoms. The average Bonchev–Trinajstić information content (AvgIpc) is 2.18. The molecule has 0 unspecified atom stereocenters. The van der Waals surface area contributed by atoms with Gasteiger partial charge in [-0.05, 0) is 24.6 Å². The minimum absolute atomic E-state index is 0.0420. The topological polar surface area (TPSA) is 38.7 Å². The lowest BCUT2D eigenvalue weighted by Crippen LogP contribution is -2.07. The van der Waals surface area contributed by atoms with Crippen molar-refractivity contribution in [2.24, 2.45) is 4.99 Å². The number of hydrogen-bond donors (Lipinski definition) is 0. The molecule has 1 aromatic carbocycles. The molecule has 4 heteroatoms. The predicted octanol–water partition coefficient (Wildman–Crippen LogP) is 2.32. The molecule has 0 heterocycles. The molecule has 0 aliphatic heterocycles. The molecule has 1 aromatic rings. The predicted molar refractivity (Wildman–Crippen MR) is 60.5 cm³/mol. The highest BCUT2D eigenvalue weighted by atomic mass is 35.5. The summed E-state index contributed by atoms with van der Waals surface area (Å²) in [6, 6.07) is 7.25. The Balaban J connectivity index is 2.48. The van der Waals surface area contributed by atoms with Gasteiger partial charge in [-0.3, -0.25) is 9.79 Å². The van der Waals surface area contributed by atoms with E-state index >= 15 is 0 Å². The van der Waals surface area contributed by atoms with Gasteiger partial charge < -0.3 is 4.74 Å². The number of ether oxygens (including phenoxy) is 1. The van der Waals surface area contributed by atoms with E-state index in [1.165, 1.54) is 0 Å². The fourth-order valence-corrected chi connectivity index (χ4v) is 1.22. The van der Waals surface area contributed by atoms with E-state index in [-0.39, 0.29) is 12.5 Å². The average molecular weight is 226 g/mol. The number of rotatable bonds is 4. The van der Waals surface area contributed by atoms with Gasteiger partial charge in [0.25, 0.3) is 0 Å². The first-order chi connectivity index (χ1) is 7.22. The van der Waals surface area contributed by atoms with Gasteiger partial charge >= 0.3 is 5.97 Å². The Morgan fingerprint density at radius 1 is 1.60 bits per heavy atom. The molecule has 0 radical (unpaired) electrons. The van der Waals surface area contributed by atoms with Crippen molar-refractivity contribution >= 4 is 23.8 Å². The third kappa shape index (κ3) is 4.61. The Morgan fingerprint density at radius 3 is 3.07 bits per heavy atom. The van der Waals surface area contributed by atoms with Gasteiger partial charge in [0.05, 0.1) is 6.61 Å². The molecule has 1 rings (SSSR count). The minimum atomic E-state index is -0.323. The van der Waals surface area contributed by atoms with Gasteiger partial charge in [0.2, 0.25) is 0 Å². The second-order valence-corrected chi connectivity index (χ2v) is 3.27. The van der Waals surface area contributed by atoms with Crippen LogP contribution in [0.25, 0.3) is 0 Å². The van der Waals surface area contributed by atoms with E-state index in [9.17, 15) is 4.79 Å². The maximum absolute atomic E-state index is 10.9. The van der Waals surface area contributed by atoms with Gasteiger partial charge in [-0.15, -0.1) is 0 Å². The van der Waals surface area contributed by atoms with Crippen LogP contribution in [0.3, 0.4) is 0 Å². The molecule has 3 nitrogen and oxygen atoms in total. The largest absolute Gasteiger partial charge is 0.465 e. The second-order valence-electron chi connectivity index (χ2n) is 2.83. The SMILES string of the molecule is CCOC(=O)C/N=C\c1cccc(Cl)c1. The Morgan fingerprint density at radius 2 is 2.40 bits per heavy atom. The van der Waals surface area contributed by atoms with Gasteiger partial charge in [0.15, 0.2) is 0 Å². The molecule has 0 aliphatic carbocycles. The summed E-state index contributed by atoms with van der Waals surface area (Å²) in [6.07, 6.45) is 1.60. The molecule has 0 aromatic heterocycles. The number of carbonyl (C=O) groups excluding carboxylic acids is 1. The quantitative estimate of drug-likeness (QED) is 0.583. The van der Waals surface area contributed by atoms with Crippen molar-refractivity contribution in [3.05, 3.63) is 34.9 Å². The summed E-state index contributed by atoms with van der Waals surface area (Å²) in [6.45, 7) is 2.18. The summed E-state index contributed by atoms with van der Waals surface area (Å²) in [4.78, 5) is 14.9. The summed E-state index contributed by atoms with van der Waals surface area (Å²) >= 11 is 5.78. The van der Waals surface area contributed by atoms with E-state index in [1.54, 1.807) is 25.3 Å². The smallest absolute Gasteiger partial charge is 0.327 e. The minimum Gasteiger partial charge on any atom is -0.465 e. The van der Waals surface area contributed by atoms with Crippen molar-refractivity contribution < 1.29 is 9.53 Å². The fraction of sp³-hybridized carbons (Fsp3) is 0.273. The van der Waals surface area contributed by atoms with Crippen molar-refractivity contribution in [2.45, 2.75) is 6.92 Å². The standard InChI is InChI=1S/C11H12ClNO2/c1-2-15-11(14)8-13-7-9-4-3-5-10(12)6-9/h3-7H,2,8H2,1H3/b13-7-. The highest BCUT2D eigenvalue weighted by Gasteiger charge is 1.97. The lowest BCUT2D eigenvalue weighted by molar-refractivity contribution is -0.141. The summed E-state index contributed by atoms with van der Waals surface area (Å²) in [5, 5.41) is 0.648. The zero-order valence-corrected chi connectivity index (χ0v) is 9.20. The first-order valence-corrected chi connectivity index (χ1v) is 5.01. The maximum Gasteiger partial charge on any atom is 0.327 e. The number of hydrogen-bond acceptors (Lipinski definition) is 3. The molecule has 0 fully saturated rings. The molecule has 0 N–H and O–H groups in total. The number of carbonyl (C=O) groups is 1. The van der Waals surface area contributed by atoms with E-state index in [2.05, 4.69) is 4.99 Å². The molecular formula is C11H12ClNO2. The second kappa shape index (κ2) is 6.19. The summed E-state index contributed by atoms with van der Waals surface area (Å²) < 4.78 is 4.72. The number of aliphatic imine (C=N–C) groups is 1. The monoisotopic (exact) mass is 225 g/mol. The highest BCUT2D eigenvalue weighted by Crippen LogP contribution is 2.08. The van der Waals surface area contributed by atoms with Crippen molar-refractivity contribution in [1.82, 2.24) is 0 Å². The zero-order chi connectivity index (χ0) is 11.1. The van der Waals surface area contributed by atoms with Crippen molar-refractivity contribution in [3.63, 3.8) is 0 Å². The van der Waals surface area contributed by atoms with Crippen LogP contribution in [0.4, 0.5) is 0 Å². The number of benzene rings is 1. The Hall–Kier alpha value is -1.35. The van der Waals surface area contributed by atoms with E-state index < -0.39 is 0 Å². The van der Waals surface area contributed by atoms with Crippen LogP contribution < -0.4 is 0 Å². The zero-order valence-electron chi connectivity index (χ0n) is 8.44. The third-order valence-electron chi connectivity index (χ3n) is 1.61. The molecule has 0 atom stereocenters. The van der Waals surface area contributed by atoms with Crippen molar-refractivity contribution in [3.8, 4) is 0 Å². The molecular weight excluding hydrogens is 214 g/mol. The van der Waals surface area contributed by atoms with E-state index in [4.69, 9.17) is 16.3 Å². The van der Waals surface area contributed by atoms with Gasteiger partial charge in [-0.2, -0.15) is 0 Å². The summed E-state index contributed by atoms with van der Waals surface area (Å²) in [5.74, 6) is -0.323. The molecule has 80 valence electrons. The van der Waals surface area contributed by atoms with E-state index in [0.717, 1.165) is 5.56 Å². The van der Waals surface area contributed by atoms with Gasteiger partial charge in [0.1, 0.15) is 6.54 Å². The number of nitrogens with zero attached hydrogens (tertiary/aromatic N) is 1. The lowest BCUT2D eigenvalue weighted by atomic mass is 10.2. The Labute approximate surface area is 93.7 Å². The van der Waals surface area contributed by atoms with Crippen LogP contribution in [-0.2, 0) is 9.53 Å². The van der Waals surface area contributed by atoms with E-state index in [1.807, 2.05) is 12.1 Å². The van der Waals surface area contributed by atoms with Crippen LogP contribution in [-0.4, -0.2) is 25.3 Å². The Kier molecular flexibility index (Phi) is 4.84. The normalized spacial score (nSPS) is 10.5. The van der Waals surface area contributed by atoms with Crippen molar-refractivity contribution in [1.29, 1.82) is 0 Å². The summed E-state index contributed by atoms with van der Waals surface area (Å²) in [5.41, 5.74) is 0.867. The van der Waals surface area contributed by atoms with Crippen molar-refractivity contribution in [2.75, 3.05) is 13.2 Å². The Bertz CT molecular complexity index is 363. The molecule has 0 aliphatic rings. The van der Waals surface area contributed by atoms with Gasteiger partial charge in [-0.1, -0.05) is 23.7 Å². The lowest BCUT2D eigenvalue weighted by Gasteiger charge is -1.97. The molecule has 0 amide bonds. The first kappa shape index (κ1) is 11.7. The van der Waals surface area contributed by atoms with Crippen LogP contribution in [0, 0.1) is 0 Å². The van der Waals surface area contributed by atoms with Crippen LogP contribution >= 0.6 is 11.6 Å². The number of halogens is 1. The number of esters is 1. The van der Waals surface area contributed by atoms with Crippen LogP contribution in [0.1, 0.15) is 12.5 Å². The summed E-state index contributed by atoms with van der Waals surface area (Å²) in [7, 11) is 0. The first-order valence-electron chi connectivity index (χ1n) is 4.63. The maximum atomic E-state index is 10.9. The van der Waals surface area contributed by atoms with Gasteiger partial charge in [-0.25, -0.2) is 0 Å². The van der Waals surface area contributed by atoms with Crippen LogP contribution in [0.5, 0.6) is 0 Å². The van der Waals surface area contributed by atoms with Crippen LogP contribution in [0.2, 0.25) is 5.02 Å². The molecule has 0 saturated heterocycles. The van der Waals surface area contributed by atoms with Gasteiger partial charge in [0, 0.05) is 11.2 Å². The highest BCUT2D eigenvalue weighted by molar-refractivity contribution is 6.30.